The lowest BCUT2D eigenvalue weighted by Crippen LogP contribution is -2.46. The second-order valence-electron chi connectivity index (χ2n) is 8.74. The molecule has 170 valence electrons. The highest BCUT2D eigenvalue weighted by Gasteiger charge is 2.41. The van der Waals surface area contributed by atoms with Crippen molar-refractivity contribution in [3.8, 4) is 5.75 Å². The average molecular weight is 430 g/mol. The summed E-state index contributed by atoms with van der Waals surface area (Å²) in [6.45, 7) is 12.0. The van der Waals surface area contributed by atoms with Gasteiger partial charge in [-0.3, -0.25) is 14.5 Å². The Hall–Kier alpha value is -2.38. The highest BCUT2D eigenvalue weighted by molar-refractivity contribution is 6.35. The third-order valence-corrected chi connectivity index (χ3v) is 5.46. The van der Waals surface area contributed by atoms with Crippen LogP contribution < -0.4 is 4.74 Å². The molecule has 0 saturated carbocycles. The second kappa shape index (κ2) is 10.3. The maximum absolute atomic E-state index is 13.4. The van der Waals surface area contributed by atoms with Gasteiger partial charge in [0.2, 0.25) is 0 Å². The molecule has 0 spiro atoms. The van der Waals surface area contributed by atoms with E-state index in [0.717, 1.165) is 37.5 Å². The van der Waals surface area contributed by atoms with Crippen LogP contribution in [0.15, 0.2) is 30.0 Å². The normalized spacial score (nSPS) is 18.2. The SMILES string of the molecule is CC(C)OCCCN1C(=O)C(c2ccc(OC(C)C)cc2)=C(N2CCN(C)CC2)C1=O. The fourth-order valence-electron chi connectivity index (χ4n) is 3.86. The summed E-state index contributed by atoms with van der Waals surface area (Å²) in [6, 6.07) is 7.47. The number of imide groups is 1. The Bertz CT molecular complexity index is 809. The number of nitrogens with zero attached hydrogens (tertiary/aromatic N) is 3. The number of rotatable bonds is 9. The van der Waals surface area contributed by atoms with E-state index in [1.54, 1.807) is 0 Å². The number of amides is 2. The molecule has 2 aliphatic rings. The molecule has 2 aliphatic heterocycles. The van der Waals surface area contributed by atoms with Gasteiger partial charge in [-0.1, -0.05) is 12.1 Å². The molecule has 0 radical (unpaired) electrons. The first-order valence-corrected chi connectivity index (χ1v) is 11.2. The number of carbonyl (C=O) groups excluding carboxylic acids is 2. The first-order valence-electron chi connectivity index (χ1n) is 11.2. The van der Waals surface area contributed by atoms with Gasteiger partial charge in [0.1, 0.15) is 11.4 Å². The summed E-state index contributed by atoms with van der Waals surface area (Å²) in [5, 5.41) is 0. The molecule has 2 amide bonds. The van der Waals surface area contributed by atoms with Crippen molar-refractivity contribution in [1.82, 2.24) is 14.7 Å². The lowest BCUT2D eigenvalue weighted by atomic mass is 10.0. The Morgan fingerprint density at radius 1 is 0.903 bits per heavy atom. The quantitative estimate of drug-likeness (QED) is 0.444. The number of hydrogen-bond acceptors (Lipinski definition) is 6. The van der Waals surface area contributed by atoms with Crippen LogP contribution in [0, 0.1) is 0 Å². The second-order valence-corrected chi connectivity index (χ2v) is 8.74. The monoisotopic (exact) mass is 429 g/mol. The maximum atomic E-state index is 13.4. The summed E-state index contributed by atoms with van der Waals surface area (Å²) in [5.41, 5.74) is 1.78. The van der Waals surface area contributed by atoms with Crippen molar-refractivity contribution >= 4 is 17.4 Å². The van der Waals surface area contributed by atoms with Gasteiger partial charge >= 0.3 is 0 Å². The van der Waals surface area contributed by atoms with E-state index in [4.69, 9.17) is 9.47 Å². The summed E-state index contributed by atoms with van der Waals surface area (Å²) < 4.78 is 11.3. The average Bonchev–Trinajstić information content (AvgIpc) is 2.96. The van der Waals surface area contributed by atoms with Crippen molar-refractivity contribution in [2.24, 2.45) is 0 Å². The van der Waals surface area contributed by atoms with Crippen LogP contribution in [0.3, 0.4) is 0 Å². The van der Waals surface area contributed by atoms with Gasteiger partial charge in [0, 0.05) is 39.3 Å². The van der Waals surface area contributed by atoms with Gasteiger partial charge < -0.3 is 19.3 Å². The smallest absolute Gasteiger partial charge is 0.277 e. The highest BCUT2D eigenvalue weighted by atomic mass is 16.5. The molecule has 0 bridgehead atoms. The fraction of sp³-hybridized carbons (Fsp3) is 0.583. The topological polar surface area (TPSA) is 62.3 Å². The Labute approximate surface area is 185 Å². The van der Waals surface area contributed by atoms with E-state index in [-0.39, 0.29) is 24.0 Å². The molecule has 7 heteroatoms. The van der Waals surface area contributed by atoms with E-state index in [0.29, 0.717) is 30.8 Å². The van der Waals surface area contributed by atoms with Crippen LogP contribution in [-0.4, -0.2) is 85.1 Å². The van der Waals surface area contributed by atoms with Crippen molar-refractivity contribution in [2.45, 2.75) is 46.3 Å². The number of likely N-dealkylation sites (N-methyl/N-ethyl adjacent to an activating group) is 1. The number of hydrogen-bond donors (Lipinski definition) is 0. The van der Waals surface area contributed by atoms with Gasteiger partial charge in [-0.05, 0) is 58.9 Å². The largest absolute Gasteiger partial charge is 0.491 e. The van der Waals surface area contributed by atoms with Crippen LogP contribution >= 0.6 is 0 Å². The van der Waals surface area contributed by atoms with Gasteiger partial charge in [-0.25, -0.2) is 0 Å². The van der Waals surface area contributed by atoms with Gasteiger partial charge in [0.25, 0.3) is 11.8 Å². The zero-order chi connectivity index (χ0) is 22.5. The van der Waals surface area contributed by atoms with Gasteiger partial charge in [-0.2, -0.15) is 0 Å². The number of piperazine rings is 1. The molecular formula is C24H35N3O4. The number of benzene rings is 1. The summed E-state index contributed by atoms with van der Waals surface area (Å²) in [6.07, 6.45) is 0.829. The van der Waals surface area contributed by atoms with Gasteiger partial charge in [0.15, 0.2) is 0 Å². The zero-order valence-electron chi connectivity index (χ0n) is 19.4. The lowest BCUT2D eigenvalue weighted by molar-refractivity contribution is -0.137. The maximum Gasteiger partial charge on any atom is 0.277 e. The Morgan fingerprint density at radius 2 is 1.55 bits per heavy atom. The summed E-state index contributed by atoms with van der Waals surface area (Å²) >= 11 is 0. The molecule has 3 rings (SSSR count). The summed E-state index contributed by atoms with van der Waals surface area (Å²) in [4.78, 5) is 32.4. The van der Waals surface area contributed by atoms with E-state index < -0.39 is 0 Å². The minimum Gasteiger partial charge on any atom is -0.491 e. The molecule has 1 fully saturated rings. The standard InChI is InChI=1S/C24H35N3O4/c1-17(2)30-16-6-11-27-23(28)21(19-7-9-20(10-8-19)31-18(3)4)22(24(27)29)26-14-12-25(5)13-15-26/h7-10,17-18H,6,11-16H2,1-5H3. The van der Waals surface area contributed by atoms with E-state index in [9.17, 15) is 9.59 Å². The Kier molecular flexibility index (Phi) is 7.73. The minimum atomic E-state index is -0.221. The Morgan fingerprint density at radius 3 is 2.13 bits per heavy atom. The van der Waals surface area contributed by atoms with Crippen LogP contribution in [0.5, 0.6) is 5.75 Å². The molecule has 0 atom stereocenters. The predicted molar refractivity (Wildman–Crippen MR) is 121 cm³/mol. The molecular weight excluding hydrogens is 394 g/mol. The van der Waals surface area contributed by atoms with Crippen LogP contribution in [0.2, 0.25) is 0 Å². The molecule has 0 aromatic heterocycles. The molecule has 1 aromatic carbocycles. The summed E-state index contributed by atoms with van der Waals surface area (Å²) in [5.74, 6) is 0.331. The lowest BCUT2D eigenvalue weighted by Gasteiger charge is -2.34. The highest BCUT2D eigenvalue weighted by Crippen LogP contribution is 2.33. The fourth-order valence-corrected chi connectivity index (χ4v) is 3.86. The van der Waals surface area contributed by atoms with Crippen molar-refractivity contribution in [3.05, 3.63) is 35.5 Å². The molecule has 0 aliphatic carbocycles. The third-order valence-electron chi connectivity index (χ3n) is 5.46. The first kappa shape index (κ1) is 23.3. The van der Waals surface area contributed by atoms with E-state index in [2.05, 4.69) is 16.8 Å². The first-order chi connectivity index (χ1) is 14.8. The molecule has 0 N–H and O–H groups in total. The molecule has 7 nitrogen and oxygen atoms in total. The van der Waals surface area contributed by atoms with Crippen LogP contribution in [0.1, 0.15) is 39.7 Å². The zero-order valence-corrected chi connectivity index (χ0v) is 19.4. The van der Waals surface area contributed by atoms with Crippen LogP contribution in [0.25, 0.3) is 5.57 Å². The molecule has 1 aromatic rings. The number of carbonyl (C=O) groups is 2. The van der Waals surface area contributed by atoms with Crippen molar-refractivity contribution < 1.29 is 19.1 Å². The number of ether oxygens (including phenoxy) is 2. The molecule has 0 unspecified atom stereocenters. The van der Waals surface area contributed by atoms with Crippen LogP contribution in [-0.2, 0) is 14.3 Å². The van der Waals surface area contributed by atoms with Gasteiger partial charge in [-0.15, -0.1) is 0 Å². The van der Waals surface area contributed by atoms with E-state index >= 15 is 0 Å². The third kappa shape index (κ3) is 5.66. The minimum absolute atomic E-state index is 0.0733. The molecule has 2 heterocycles. The van der Waals surface area contributed by atoms with Crippen molar-refractivity contribution in [3.63, 3.8) is 0 Å². The van der Waals surface area contributed by atoms with Crippen LogP contribution in [0.4, 0.5) is 0 Å². The van der Waals surface area contributed by atoms with Gasteiger partial charge in [0.05, 0.1) is 17.8 Å². The van der Waals surface area contributed by atoms with Crippen molar-refractivity contribution in [1.29, 1.82) is 0 Å². The Balaban J connectivity index is 1.86. The molecule has 31 heavy (non-hydrogen) atoms. The van der Waals surface area contributed by atoms with E-state index in [1.165, 1.54) is 4.90 Å². The molecule has 1 saturated heterocycles. The summed E-state index contributed by atoms with van der Waals surface area (Å²) in [7, 11) is 2.07. The van der Waals surface area contributed by atoms with Crippen molar-refractivity contribution in [2.75, 3.05) is 46.4 Å². The van der Waals surface area contributed by atoms with E-state index in [1.807, 2.05) is 52.0 Å². The predicted octanol–water partition coefficient (Wildman–Crippen LogP) is 2.62.